The molecular formula is C14H16F3N5O2. The zero-order valence-electron chi connectivity index (χ0n) is 12.9. The molecule has 0 unspecified atom stereocenters. The van der Waals surface area contributed by atoms with Gasteiger partial charge in [0.25, 0.3) is 0 Å². The number of ether oxygens (including phenoxy) is 1. The smallest absolute Gasteiger partial charge is 0.380 e. The Labute approximate surface area is 135 Å². The Morgan fingerprint density at radius 1 is 1.42 bits per heavy atom. The molecule has 2 atom stereocenters. The van der Waals surface area contributed by atoms with E-state index in [1.807, 2.05) is 0 Å². The number of aromatic nitrogens is 4. The summed E-state index contributed by atoms with van der Waals surface area (Å²) >= 11 is 0. The molecule has 2 aromatic heterocycles. The molecule has 2 saturated heterocycles. The van der Waals surface area contributed by atoms with E-state index < -0.39 is 17.3 Å². The molecule has 2 fully saturated rings. The second kappa shape index (κ2) is 5.28. The summed E-state index contributed by atoms with van der Waals surface area (Å²) in [5, 5.41) is 10.5. The Hall–Kier alpha value is -1.94. The predicted octanol–water partition coefficient (Wildman–Crippen LogP) is 1.37. The van der Waals surface area contributed by atoms with Crippen LogP contribution in [-0.4, -0.2) is 46.2 Å². The van der Waals surface area contributed by atoms with Crippen LogP contribution >= 0.6 is 0 Å². The first-order chi connectivity index (χ1) is 11.4. The molecule has 2 aliphatic heterocycles. The third-order valence-electron chi connectivity index (χ3n) is 4.77. The molecule has 4 heterocycles. The highest BCUT2D eigenvalue weighted by Crippen LogP contribution is 2.41. The fourth-order valence-electron chi connectivity index (χ4n) is 3.54. The topological polar surface area (TPSA) is 78.0 Å². The largest absolute Gasteiger partial charge is 0.435 e. The van der Waals surface area contributed by atoms with E-state index in [1.165, 1.54) is 13.2 Å². The van der Waals surface area contributed by atoms with E-state index >= 15 is 0 Å². The number of rotatable bonds is 2. The molecule has 0 bridgehead atoms. The number of nitrogens with zero attached hydrogens (tertiary/aromatic N) is 4. The highest BCUT2D eigenvalue weighted by molar-refractivity contribution is 5.57. The van der Waals surface area contributed by atoms with Gasteiger partial charge in [0.2, 0.25) is 11.7 Å². The molecule has 0 amide bonds. The minimum Gasteiger partial charge on any atom is -0.380 e. The SMILES string of the molecule is Cn1cc(-c2noc([C@]34CNC[C@H]3CCOC4)n2)c(C(F)(F)F)n1. The minimum atomic E-state index is -4.58. The van der Waals surface area contributed by atoms with E-state index in [-0.39, 0.29) is 17.3 Å². The van der Waals surface area contributed by atoms with Gasteiger partial charge in [-0.05, 0) is 18.9 Å². The fourth-order valence-corrected chi connectivity index (χ4v) is 3.54. The number of aryl methyl sites for hydroxylation is 1. The molecule has 0 spiro atoms. The molecule has 0 saturated carbocycles. The van der Waals surface area contributed by atoms with Gasteiger partial charge in [-0.1, -0.05) is 5.16 Å². The maximum absolute atomic E-state index is 13.1. The third kappa shape index (κ3) is 2.32. The van der Waals surface area contributed by atoms with Crippen LogP contribution in [-0.2, 0) is 23.4 Å². The van der Waals surface area contributed by atoms with Crippen molar-refractivity contribution in [2.45, 2.75) is 18.0 Å². The Bertz CT molecular complexity index is 756. The van der Waals surface area contributed by atoms with Crippen LogP contribution in [0.2, 0.25) is 0 Å². The summed E-state index contributed by atoms with van der Waals surface area (Å²) in [4.78, 5) is 4.27. The van der Waals surface area contributed by atoms with Crippen molar-refractivity contribution in [1.29, 1.82) is 0 Å². The molecule has 0 aromatic carbocycles. The molecule has 24 heavy (non-hydrogen) atoms. The summed E-state index contributed by atoms with van der Waals surface area (Å²) in [6, 6.07) is 0. The number of alkyl halides is 3. The normalized spacial score (nSPS) is 27.4. The predicted molar refractivity (Wildman–Crippen MR) is 75.0 cm³/mol. The van der Waals surface area contributed by atoms with Gasteiger partial charge in [-0.15, -0.1) is 0 Å². The maximum atomic E-state index is 13.1. The number of hydrogen-bond donors (Lipinski definition) is 1. The lowest BCUT2D eigenvalue weighted by atomic mass is 9.75. The molecule has 10 heteroatoms. The molecule has 0 radical (unpaired) electrons. The number of halogens is 3. The molecule has 2 aromatic rings. The molecule has 0 aliphatic carbocycles. The summed E-state index contributed by atoms with van der Waals surface area (Å²) in [6.07, 6.45) is -2.48. The molecule has 4 rings (SSSR count). The van der Waals surface area contributed by atoms with Crippen LogP contribution in [0, 0.1) is 5.92 Å². The van der Waals surface area contributed by atoms with Gasteiger partial charge in [0.15, 0.2) is 5.69 Å². The van der Waals surface area contributed by atoms with Crippen LogP contribution in [0.15, 0.2) is 10.7 Å². The van der Waals surface area contributed by atoms with Crippen LogP contribution in [0.25, 0.3) is 11.4 Å². The van der Waals surface area contributed by atoms with Crippen molar-refractivity contribution in [1.82, 2.24) is 25.2 Å². The zero-order chi connectivity index (χ0) is 16.9. The van der Waals surface area contributed by atoms with Crippen molar-refractivity contribution < 1.29 is 22.4 Å². The van der Waals surface area contributed by atoms with Gasteiger partial charge in [0.1, 0.15) is 0 Å². The van der Waals surface area contributed by atoms with Crippen molar-refractivity contribution >= 4 is 0 Å². The Morgan fingerprint density at radius 2 is 2.25 bits per heavy atom. The third-order valence-corrected chi connectivity index (χ3v) is 4.77. The molecule has 7 nitrogen and oxygen atoms in total. The van der Waals surface area contributed by atoms with Gasteiger partial charge >= 0.3 is 6.18 Å². The van der Waals surface area contributed by atoms with E-state index in [9.17, 15) is 13.2 Å². The molecule has 1 N–H and O–H groups in total. The molecular weight excluding hydrogens is 327 g/mol. The van der Waals surface area contributed by atoms with Gasteiger partial charge in [-0.2, -0.15) is 23.3 Å². The Balaban J connectivity index is 1.74. The number of fused-ring (bicyclic) bond motifs is 1. The van der Waals surface area contributed by atoms with E-state index in [4.69, 9.17) is 9.26 Å². The van der Waals surface area contributed by atoms with E-state index in [2.05, 4.69) is 20.6 Å². The molecule has 2 aliphatic rings. The zero-order valence-corrected chi connectivity index (χ0v) is 12.9. The van der Waals surface area contributed by atoms with Gasteiger partial charge < -0.3 is 14.6 Å². The van der Waals surface area contributed by atoms with E-state index in [1.54, 1.807) is 0 Å². The van der Waals surface area contributed by atoms with Gasteiger partial charge in [-0.3, -0.25) is 4.68 Å². The summed E-state index contributed by atoms with van der Waals surface area (Å²) < 4.78 is 51.4. The first-order valence-corrected chi connectivity index (χ1v) is 7.64. The lowest BCUT2D eigenvalue weighted by Crippen LogP contribution is -2.44. The van der Waals surface area contributed by atoms with Crippen LogP contribution < -0.4 is 5.32 Å². The van der Waals surface area contributed by atoms with Crippen molar-refractivity contribution in [3.8, 4) is 11.4 Å². The van der Waals surface area contributed by atoms with E-state index in [0.29, 0.717) is 25.6 Å². The van der Waals surface area contributed by atoms with Gasteiger partial charge in [-0.25, -0.2) is 0 Å². The van der Waals surface area contributed by atoms with Crippen LogP contribution in [0.3, 0.4) is 0 Å². The average Bonchev–Trinajstić information content (AvgIpc) is 3.23. The highest BCUT2D eigenvalue weighted by atomic mass is 19.4. The van der Waals surface area contributed by atoms with Crippen LogP contribution in [0.5, 0.6) is 0 Å². The highest BCUT2D eigenvalue weighted by Gasteiger charge is 2.51. The van der Waals surface area contributed by atoms with E-state index in [0.717, 1.165) is 17.6 Å². The van der Waals surface area contributed by atoms with Crippen molar-refractivity contribution in [2.75, 3.05) is 26.3 Å². The second-order valence-corrected chi connectivity index (χ2v) is 6.31. The maximum Gasteiger partial charge on any atom is 0.435 e. The first-order valence-electron chi connectivity index (χ1n) is 7.64. The summed E-state index contributed by atoms with van der Waals surface area (Å²) in [5.74, 6) is 0.496. The minimum absolute atomic E-state index is 0.101. The second-order valence-electron chi connectivity index (χ2n) is 6.31. The summed E-state index contributed by atoms with van der Waals surface area (Å²) in [6.45, 7) is 2.50. The summed E-state index contributed by atoms with van der Waals surface area (Å²) in [5.41, 5.74) is -1.67. The van der Waals surface area contributed by atoms with Crippen molar-refractivity contribution in [3.63, 3.8) is 0 Å². The lowest BCUT2D eigenvalue weighted by Gasteiger charge is -2.34. The van der Waals surface area contributed by atoms with Gasteiger partial charge in [0, 0.05) is 26.4 Å². The average molecular weight is 343 g/mol. The fraction of sp³-hybridized carbons (Fsp3) is 0.643. The first kappa shape index (κ1) is 15.6. The summed E-state index contributed by atoms with van der Waals surface area (Å²) in [7, 11) is 1.42. The van der Waals surface area contributed by atoms with Crippen molar-refractivity contribution in [3.05, 3.63) is 17.8 Å². The van der Waals surface area contributed by atoms with Crippen LogP contribution in [0.4, 0.5) is 13.2 Å². The number of hydrogen-bond acceptors (Lipinski definition) is 6. The van der Waals surface area contributed by atoms with Gasteiger partial charge in [0.05, 0.1) is 17.6 Å². The quantitative estimate of drug-likeness (QED) is 0.887. The van der Waals surface area contributed by atoms with Crippen LogP contribution in [0.1, 0.15) is 18.0 Å². The Morgan fingerprint density at radius 3 is 3.04 bits per heavy atom. The lowest BCUT2D eigenvalue weighted by molar-refractivity contribution is -0.141. The van der Waals surface area contributed by atoms with Crippen molar-refractivity contribution in [2.24, 2.45) is 13.0 Å². The monoisotopic (exact) mass is 343 g/mol. The Kier molecular flexibility index (Phi) is 3.43. The standard InChI is InChI=1S/C14H16F3N5O2/c1-22-5-9(10(20-22)14(15,16)17)11-19-12(24-21-11)13-6-18-4-8(13)2-3-23-7-13/h5,8,18H,2-4,6-7H2,1H3/t8-,13+/m1/s1. The molecule has 130 valence electrons. The number of nitrogens with one attached hydrogen (secondary N) is 1.